The van der Waals surface area contributed by atoms with Crippen LogP contribution in [-0.2, 0) is 18.1 Å². The van der Waals surface area contributed by atoms with Crippen molar-refractivity contribution in [1.29, 1.82) is 0 Å². The minimum atomic E-state index is -2.65. The van der Waals surface area contributed by atoms with E-state index in [0.717, 1.165) is 35.5 Å². The van der Waals surface area contributed by atoms with E-state index in [-0.39, 0.29) is 11.4 Å². The normalized spacial score (nSPS) is 12.3. The summed E-state index contributed by atoms with van der Waals surface area (Å²) in [6.45, 7) is 8.20. The van der Waals surface area contributed by atoms with Gasteiger partial charge in [0, 0.05) is 55.9 Å². The molecule has 30 heavy (non-hydrogen) atoms. The molecular weight excluding hydrogens is 396 g/mol. The van der Waals surface area contributed by atoms with Crippen LogP contribution in [0.2, 0.25) is 5.54 Å². The molecule has 2 rings (SSSR count). The minimum absolute atomic E-state index is 0.161. The lowest BCUT2D eigenvalue weighted by molar-refractivity contribution is -0.112. The first-order valence-corrected chi connectivity index (χ1v) is 11.7. The highest BCUT2D eigenvalue weighted by Gasteiger charge is 2.44. The van der Waals surface area contributed by atoms with Gasteiger partial charge in [-0.05, 0) is 37.1 Å². The van der Waals surface area contributed by atoms with Crippen molar-refractivity contribution in [3.63, 3.8) is 0 Å². The van der Waals surface area contributed by atoms with E-state index in [1.807, 2.05) is 36.4 Å². The highest BCUT2D eigenvalue weighted by Crippen LogP contribution is 2.30. The third-order valence-corrected chi connectivity index (χ3v) is 8.32. The summed E-state index contributed by atoms with van der Waals surface area (Å²) in [7, 11) is 2.27. The summed E-state index contributed by atoms with van der Waals surface area (Å²) in [6, 6.07) is 15.9. The van der Waals surface area contributed by atoms with Crippen LogP contribution in [-0.4, -0.2) is 42.6 Å². The van der Waals surface area contributed by atoms with Gasteiger partial charge in [-0.2, -0.15) is 0 Å². The van der Waals surface area contributed by atoms with E-state index in [9.17, 15) is 4.79 Å². The lowest BCUT2D eigenvalue weighted by Crippen LogP contribution is -2.47. The van der Waals surface area contributed by atoms with E-state index in [0.29, 0.717) is 5.57 Å². The van der Waals surface area contributed by atoms with Crippen LogP contribution in [0.25, 0.3) is 11.1 Å². The Balaban J connectivity index is 2.07. The van der Waals surface area contributed by atoms with Gasteiger partial charge in [-0.1, -0.05) is 43.8 Å². The van der Waals surface area contributed by atoms with E-state index in [2.05, 4.69) is 36.3 Å². The molecule has 0 spiro atoms. The van der Waals surface area contributed by atoms with Crippen LogP contribution in [0.15, 0.2) is 60.7 Å². The molecule has 0 saturated carbocycles. The van der Waals surface area contributed by atoms with Gasteiger partial charge in [0.25, 0.3) is 5.91 Å². The van der Waals surface area contributed by atoms with Crippen LogP contribution in [0.5, 0.6) is 0 Å². The molecule has 162 valence electrons. The lowest BCUT2D eigenvalue weighted by Gasteiger charge is -2.30. The summed E-state index contributed by atoms with van der Waals surface area (Å²) in [5.74, 6) is -0.179. The first kappa shape index (κ1) is 23.8. The van der Waals surface area contributed by atoms with Gasteiger partial charge >= 0.3 is 8.80 Å². The van der Waals surface area contributed by atoms with Crippen molar-refractivity contribution in [2.24, 2.45) is 0 Å². The van der Waals surface area contributed by atoms with Crippen molar-refractivity contribution in [3.05, 3.63) is 60.7 Å². The maximum absolute atomic E-state index is 11.8. The molecule has 2 aromatic carbocycles. The van der Waals surface area contributed by atoms with Gasteiger partial charge in [0.2, 0.25) is 0 Å². The summed E-state index contributed by atoms with van der Waals surface area (Å²) in [6.07, 6.45) is 0.849. The Morgan fingerprint density at radius 3 is 2.20 bits per heavy atom. The Morgan fingerprint density at radius 1 is 1.03 bits per heavy atom. The molecule has 0 heterocycles. The first-order valence-electron chi connectivity index (χ1n) is 9.92. The predicted octanol–water partition coefficient (Wildman–Crippen LogP) is 4.94. The smallest absolute Gasteiger partial charge is 0.385 e. The summed E-state index contributed by atoms with van der Waals surface area (Å²) in [5.41, 5.74) is 4.58. The minimum Gasteiger partial charge on any atom is -0.385 e. The summed E-state index contributed by atoms with van der Waals surface area (Å²) < 4.78 is 16.7. The van der Waals surface area contributed by atoms with Gasteiger partial charge in [0.15, 0.2) is 0 Å². The van der Waals surface area contributed by atoms with Crippen molar-refractivity contribution in [2.45, 2.75) is 25.8 Å². The molecule has 1 amide bonds. The molecule has 2 N–H and O–H groups in total. The van der Waals surface area contributed by atoms with E-state index in [4.69, 9.17) is 13.3 Å². The van der Waals surface area contributed by atoms with Gasteiger partial charge in [-0.25, -0.2) is 0 Å². The van der Waals surface area contributed by atoms with Gasteiger partial charge in [-0.3, -0.25) is 4.79 Å². The summed E-state index contributed by atoms with van der Waals surface area (Å²) >= 11 is 0. The Hall–Kier alpha value is -2.45. The molecule has 1 unspecified atom stereocenters. The lowest BCUT2D eigenvalue weighted by atomic mass is 10.0. The third-order valence-electron chi connectivity index (χ3n) is 5.12. The third kappa shape index (κ3) is 5.79. The SMILES string of the molecule is C=C(C)C(=O)Nc1ccc(-c2ccccc2NCCC(C)[Si](OC)(OC)OC)cc1. The fraction of sp³-hybridized carbons (Fsp3) is 0.348. The molecule has 0 radical (unpaired) electrons. The quantitative estimate of drug-likeness (QED) is 0.392. The number of hydrogen-bond donors (Lipinski definition) is 2. The number of carbonyl (C=O) groups excluding carboxylic acids is 1. The van der Waals surface area contributed by atoms with Crippen molar-refractivity contribution >= 4 is 26.1 Å². The van der Waals surface area contributed by atoms with E-state index in [1.165, 1.54) is 0 Å². The van der Waals surface area contributed by atoms with Crippen LogP contribution in [0, 0.1) is 0 Å². The zero-order valence-electron chi connectivity index (χ0n) is 18.5. The topological polar surface area (TPSA) is 68.8 Å². The predicted molar refractivity (Wildman–Crippen MR) is 125 cm³/mol. The van der Waals surface area contributed by atoms with Crippen molar-refractivity contribution in [1.82, 2.24) is 0 Å². The second-order valence-corrected chi connectivity index (χ2v) is 10.6. The van der Waals surface area contributed by atoms with E-state index >= 15 is 0 Å². The van der Waals surface area contributed by atoms with Crippen molar-refractivity contribution in [3.8, 4) is 11.1 Å². The number of rotatable bonds is 11. The maximum atomic E-state index is 11.8. The fourth-order valence-electron chi connectivity index (χ4n) is 3.31. The second kappa shape index (κ2) is 11.1. The maximum Gasteiger partial charge on any atom is 0.503 e. The molecule has 7 heteroatoms. The Kier molecular flexibility index (Phi) is 8.80. The molecular formula is C23H32N2O4Si. The van der Waals surface area contributed by atoms with Crippen molar-refractivity contribution < 1.29 is 18.1 Å². The zero-order valence-corrected chi connectivity index (χ0v) is 19.5. The average Bonchev–Trinajstić information content (AvgIpc) is 2.76. The molecule has 0 aliphatic carbocycles. The molecule has 2 aromatic rings. The molecule has 6 nitrogen and oxygen atoms in total. The monoisotopic (exact) mass is 428 g/mol. The Morgan fingerprint density at radius 2 is 1.63 bits per heavy atom. The second-order valence-electron chi connectivity index (χ2n) is 7.19. The number of anilines is 2. The molecule has 1 atom stereocenters. The van der Waals surface area contributed by atoms with E-state index in [1.54, 1.807) is 28.3 Å². The number of amides is 1. The van der Waals surface area contributed by atoms with E-state index < -0.39 is 8.80 Å². The highest BCUT2D eigenvalue weighted by molar-refractivity contribution is 6.62. The highest BCUT2D eigenvalue weighted by atomic mass is 28.4. The summed E-state index contributed by atoms with van der Waals surface area (Å²) in [5, 5.41) is 6.35. The number of para-hydroxylation sites is 1. The average molecular weight is 429 g/mol. The molecule has 0 fully saturated rings. The van der Waals surface area contributed by atoms with Crippen LogP contribution in [0.3, 0.4) is 0 Å². The largest absolute Gasteiger partial charge is 0.503 e. The number of hydrogen-bond acceptors (Lipinski definition) is 5. The molecule has 0 aliphatic heterocycles. The van der Waals surface area contributed by atoms with Crippen LogP contribution >= 0.6 is 0 Å². The number of carbonyl (C=O) groups is 1. The van der Waals surface area contributed by atoms with Gasteiger partial charge < -0.3 is 23.9 Å². The fourth-order valence-corrected chi connectivity index (χ4v) is 5.52. The molecule has 0 aliphatic rings. The van der Waals surface area contributed by atoms with Gasteiger partial charge in [0.1, 0.15) is 0 Å². The molecule has 0 bridgehead atoms. The Bertz CT molecular complexity index is 842. The first-order chi connectivity index (χ1) is 14.4. The van der Waals surface area contributed by atoms with Crippen LogP contribution < -0.4 is 10.6 Å². The Labute approximate surface area is 180 Å². The zero-order chi connectivity index (χ0) is 22.1. The van der Waals surface area contributed by atoms with Crippen LogP contribution in [0.1, 0.15) is 20.3 Å². The number of benzene rings is 2. The molecule has 0 aromatic heterocycles. The molecule has 0 saturated heterocycles. The van der Waals surface area contributed by atoms with Crippen LogP contribution in [0.4, 0.5) is 11.4 Å². The number of nitrogens with one attached hydrogen (secondary N) is 2. The summed E-state index contributed by atoms with van der Waals surface area (Å²) in [4.78, 5) is 11.8. The van der Waals surface area contributed by atoms with Gasteiger partial charge in [-0.15, -0.1) is 0 Å². The van der Waals surface area contributed by atoms with Crippen molar-refractivity contribution in [2.75, 3.05) is 38.5 Å². The standard InChI is InChI=1S/C23H32N2O4Si/c1-17(2)23(26)25-20-13-11-19(12-14-20)21-9-7-8-10-22(21)24-16-15-18(3)30(27-4,28-5)29-6/h7-14,18,24H,1,15-16H2,2-6H3,(H,25,26). The van der Waals surface area contributed by atoms with Gasteiger partial charge in [0.05, 0.1) is 0 Å².